The molecule has 2 rings (SSSR count). The van der Waals surface area contributed by atoms with Crippen molar-refractivity contribution in [2.24, 2.45) is 0 Å². The summed E-state index contributed by atoms with van der Waals surface area (Å²) in [5.41, 5.74) is -0.541. The van der Waals surface area contributed by atoms with Crippen molar-refractivity contribution in [3.63, 3.8) is 0 Å². The van der Waals surface area contributed by atoms with Crippen LogP contribution in [0.4, 0.5) is 4.39 Å². The van der Waals surface area contributed by atoms with Gasteiger partial charge in [0.1, 0.15) is 18.5 Å². The van der Waals surface area contributed by atoms with Crippen molar-refractivity contribution in [1.82, 2.24) is 14.5 Å². The molecule has 8 heteroatoms. The van der Waals surface area contributed by atoms with Crippen LogP contribution >= 0.6 is 0 Å². The number of H-pyrrole nitrogens is 1. The molecule has 1 aliphatic heterocycles. The van der Waals surface area contributed by atoms with E-state index in [1.54, 1.807) is 0 Å². The monoisotopic (exact) mass is 427 g/mol. The average molecular weight is 428 g/mol. The van der Waals surface area contributed by atoms with Crippen LogP contribution < -0.4 is 11.2 Å². The molecule has 0 aliphatic carbocycles. The molecule has 1 aliphatic rings. The van der Waals surface area contributed by atoms with Gasteiger partial charge in [-0.05, 0) is 25.9 Å². The van der Waals surface area contributed by atoms with Crippen LogP contribution in [0.25, 0.3) is 0 Å². The molecule has 2 N–H and O–H groups in total. The first-order valence-electron chi connectivity index (χ1n) is 11.5. The van der Waals surface area contributed by atoms with Crippen LogP contribution in [0, 0.1) is 0 Å². The fourth-order valence-corrected chi connectivity index (χ4v) is 3.91. The van der Waals surface area contributed by atoms with Crippen LogP contribution in [0.5, 0.6) is 0 Å². The summed E-state index contributed by atoms with van der Waals surface area (Å²) in [6.07, 6.45) is 7.61. The molecular weight excluding hydrogens is 389 g/mol. The number of nitrogens with one attached hydrogen (secondary N) is 1. The predicted octanol–water partition coefficient (Wildman–Crippen LogP) is 3.12. The number of nitrogens with zero attached hydrogens (tertiary/aromatic N) is 2. The first kappa shape index (κ1) is 24.8. The number of aliphatic hydroxyl groups excluding tert-OH is 1. The predicted molar refractivity (Wildman–Crippen MR) is 115 cm³/mol. The van der Waals surface area contributed by atoms with E-state index in [0.717, 1.165) is 38.8 Å². The quantitative estimate of drug-likeness (QED) is 0.446. The Morgan fingerprint density at radius 3 is 2.30 bits per heavy atom. The van der Waals surface area contributed by atoms with Gasteiger partial charge in [-0.1, -0.05) is 52.4 Å². The van der Waals surface area contributed by atoms with Gasteiger partial charge in [0.05, 0.1) is 6.61 Å². The van der Waals surface area contributed by atoms with E-state index in [1.807, 2.05) is 0 Å². The second-order valence-electron chi connectivity index (χ2n) is 8.28. The first-order valence-corrected chi connectivity index (χ1v) is 11.5. The van der Waals surface area contributed by atoms with Crippen molar-refractivity contribution in [3.8, 4) is 0 Å². The number of aromatic nitrogens is 2. The van der Waals surface area contributed by atoms with E-state index < -0.39 is 36.4 Å². The van der Waals surface area contributed by atoms with Crippen molar-refractivity contribution < 1.29 is 14.2 Å². The molecular formula is C22H38FN3O4. The molecule has 0 unspecified atom stereocenters. The van der Waals surface area contributed by atoms with E-state index in [1.165, 1.54) is 36.4 Å². The SMILES string of the molecule is CCCCCCN(CCCCCC)Cc1cn([C@@H]2C[C@H](F)[C@@H](CO)O2)c(=O)[nH]c1=O. The fraction of sp³-hybridized carbons (Fsp3) is 0.818. The van der Waals surface area contributed by atoms with Crippen molar-refractivity contribution in [2.45, 2.75) is 96.7 Å². The summed E-state index contributed by atoms with van der Waals surface area (Å²) >= 11 is 0. The Labute approximate surface area is 178 Å². The normalized spacial score (nSPS) is 21.6. The number of alkyl halides is 1. The molecule has 0 radical (unpaired) electrons. The molecule has 1 fully saturated rings. The second-order valence-corrected chi connectivity index (χ2v) is 8.28. The molecule has 7 nitrogen and oxygen atoms in total. The number of aliphatic hydroxyl groups is 1. The Kier molecular flexibility index (Phi) is 10.7. The highest BCUT2D eigenvalue weighted by molar-refractivity contribution is 5.05. The van der Waals surface area contributed by atoms with E-state index in [0.29, 0.717) is 12.1 Å². The molecule has 2 heterocycles. The highest BCUT2D eigenvalue weighted by Gasteiger charge is 2.36. The number of hydrogen-bond donors (Lipinski definition) is 2. The van der Waals surface area contributed by atoms with Gasteiger partial charge >= 0.3 is 5.69 Å². The van der Waals surface area contributed by atoms with Gasteiger partial charge < -0.3 is 9.84 Å². The molecule has 172 valence electrons. The summed E-state index contributed by atoms with van der Waals surface area (Å²) in [6.45, 7) is 6.18. The number of hydrogen-bond acceptors (Lipinski definition) is 5. The summed E-state index contributed by atoms with van der Waals surface area (Å²) in [4.78, 5) is 29.3. The molecule has 0 saturated carbocycles. The highest BCUT2D eigenvalue weighted by atomic mass is 19.1. The largest absolute Gasteiger partial charge is 0.394 e. The lowest BCUT2D eigenvalue weighted by molar-refractivity contribution is -0.0357. The van der Waals surface area contributed by atoms with Crippen LogP contribution in [-0.2, 0) is 11.3 Å². The number of aromatic amines is 1. The van der Waals surface area contributed by atoms with Gasteiger partial charge in [-0.3, -0.25) is 19.2 Å². The third-order valence-electron chi connectivity index (χ3n) is 5.74. The molecule has 1 aromatic heterocycles. The molecule has 30 heavy (non-hydrogen) atoms. The van der Waals surface area contributed by atoms with Gasteiger partial charge in [-0.2, -0.15) is 0 Å². The van der Waals surface area contributed by atoms with Crippen molar-refractivity contribution in [3.05, 3.63) is 32.6 Å². The van der Waals surface area contributed by atoms with Gasteiger partial charge in [0.2, 0.25) is 0 Å². The molecule has 1 aromatic rings. The first-order chi connectivity index (χ1) is 14.5. The third kappa shape index (κ3) is 7.32. The maximum absolute atomic E-state index is 14.0. The molecule has 3 atom stereocenters. The van der Waals surface area contributed by atoms with Gasteiger partial charge in [-0.15, -0.1) is 0 Å². The lowest BCUT2D eigenvalue weighted by Gasteiger charge is -2.23. The summed E-state index contributed by atoms with van der Waals surface area (Å²) in [5.74, 6) is 0. The van der Waals surface area contributed by atoms with Gasteiger partial charge in [-0.25, -0.2) is 9.18 Å². The summed E-state index contributed by atoms with van der Waals surface area (Å²) in [6, 6.07) is 0. The summed E-state index contributed by atoms with van der Waals surface area (Å²) in [7, 11) is 0. The number of ether oxygens (including phenoxy) is 1. The van der Waals surface area contributed by atoms with Crippen molar-refractivity contribution in [2.75, 3.05) is 19.7 Å². The topological polar surface area (TPSA) is 87.6 Å². The minimum atomic E-state index is -1.34. The smallest absolute Gasteiger partial charge is 0.330 e. The molecule has 1 saturated heterocycles. The number of unbranched alkanes of at least 4 members (excludes halogenated alkanes) is 6. The van der Waals surface area contributed by atoms with Crippen molar-refractivity contribution >= 4 is 0 Å². The zero-order chi connectivity index (χ0) is 21.9. The summed E-state index contributed by atoms with van der Waals surface area (Å²) in [5, 5.41) is 9.21. The summed E-state index contributed by atoms with van der Waals surface area (Å²) < 4.78 is 20.7. The van der Waals surface area contributed by atoms with Crippen LogP contribution in [0.2, 0.25) is 0 Å². The Hall–Kier alpha value is -1.51. The molecule has 0 aromatic carbocycles. The highest BCUT2D eigenvalue weighted by Crippen LogP contribution is 2.29. The maximum Gasteiger partial charge on any atom is 0.330 e. The number of halogens is 1. The fourth-order valence-electron chi connectivity index (χ4n) is 3.91. The zero-order valence-electron chi connectivity index (χ0n) is 18.4. The Bertz CT molecular complexity index is 724. The van der Waals surface area contributed by atoms with Gasteiger partial charge in [0.15, 0.2) is 0 Å². The lowest BCUT2D eigenvalue weighted by atomic mass is 10.1. The standard InChI is InChI=1S/C22H38FN3O4/c1-3-5-7-9-11-25(12-10-8-6-4-2)14-17-15-26(22(29)24-21(17)28)20-13-18(23)19(16-27)30-20/h15,18-20,27H,3-14,16H2,1-2H3,(H,24,28,29)/t18-,19+,20-/m0/s1. The molecule has 0 spiro atoms. The van der Waals surface area contributed by atoms with Gasteiger partial charge in [0.25, 0.3) is 5.56 Å². The second kappa shape index (κ2) is 13.0. The third-order valence-corrected chi connectivity index (χ3v) is 5.74. The van der Waals surface area contributed by atoms with E-state index >= 15 is 0 Å². The molecule has 0 bridgehead atoms. The lowest BCUT2D eigenvalue weighted by Crippen LogP contribution is -2.37. The average Bonchev–Trinajstić information content (AvgIpc) is 3.10. The van der Waals surface area contributed by atoms with E-state index in [4.69, 9.17) is 4.74 Å². The van der Waals surface area contributed by atoms with E-state index in [-0.39, 0.29) is 6.42 Å². The van der Waals surface area contributed by atoms with E-state index in [9.17, 15) is 19.1 Å². The maximum atomic E-state index is 14.0. The minimum absolute atomic E-state index is 0.0195. The van der Waals surface area contributed by atoms with Crippen molar-refractivity contribution in [1.29, 1.82) is 0 Å². The van der Waals surface area contributed by atoms with Crippen LogP contribution in [0.15, 0.2) is 15.8 Å². The Morgan fingerprint density at radius 1 is 1.13 bits per heavy atom. The Morgan fingerprint density at radius 2 is 1.77 bits per heavy atom. The Balaban J connectivity index is 2.11. The van der Waals surface area contributed by atoms with Crippen LogP contribution in [-0.4, -0.2) is 51.5 Å². The zero-order valence-corrected chi connectivity index (χ0v) is 18.4. The molecule has 0 amide bonds. The number of rotatable bonds is 14. The van der Waals surface area contributed by atoms with E-state index in [2.05, 4.69) is 23.7 Å². The van der Waals surface area contributed by atoms with Crippen LogP contribution in [0.1, 0.15) is 83.4 Å². The van der Waals surface area contributed by atoms with Gasteiger partial charge in [0, 0.05) is 24.7 Å². The minimum Gasteiger partial charge on any atom is -0.394 e. The van der Waals surface area contributed by atoms with Crippen LogP contribution in [0.3, 0.4) is 0 Å².